The van der Waals surface area contributed by atoms with Gasteiger partial charge in [0.2, 0.25) is 0 Å². The summed E-state index contributed by atoms with van der Waals surface area (Å²) in [6, 6.07) is 14.2. The van der Waals surface area contributed by atoms with Crippen molar-refractivity contribution in [3.63, 3.8) is 0 Å². The highest BCUT2D eigenvalue weighted by molar-refractivity contribution is 6.06. The largest absolute Gasteiger partial charge is 0.436 e. The van der Waals surface area contributed by atoms with Crippen LogP contribution >= 0.6 is 0 Å². The predicted molar refractivity (Wildman–Crippen MR) is 106 cm³/mol. The second-order valence-corrected chi connectivity index (χ2v) is 6.52. The van der Waals surface area contributed by atoms with Gasteiger partial charge in [-0.05, 0) is 31.0 Å². The number of fused-ring (bicyclic) bond motifs is 3. The molecule has 0 fully saturated rings. The summed E-state index contributed by atoms with van der Waals surface area (Å²) < 4.78 is 5.05. The number of ether oxygens (including phenoxy) is 1. The molecule has 3 rings (SSSR count). The molecule has 0 saturated heterocycles. The van der Waals surface area contributed by atoms with Crippen LogP contribution in [0.3, 0.4) is 0 Å². The molecule has 0 aliphatic carbocycles. The van der Waals surface area contributed by atoms with E-state index in [0.717, 1.165) is 16.8 Å². The van der Waals surface area contributed by atoms with Crippen molar-refractivity contribution in [1.29, 1.82) is 0 Å². The summed E-state index contributed by atoms with van der Waals surface area (Å²) in [5.41, 5.74) is 3.25. The summed E-state index contributed by atoms with van der Waals surface area (Å²) in [6.45, 7) is 3.61. The average molecular weight is 381 g/mol. The number of para-hydroxylation sites is 1. The minimum absolute atomic E-state index is 0.268. The third kappa shape index (κ3) is 3.69. The van der Waals surface area contributed by atoms with Gasteiger partial charge in [0.15, 0.2) is 6.10 Å². The number of carbonyl (C=O) groups excluding carboxylic acids is 3. The van der Waals surface area contributed by atoms with Crippen molar-refractivity contribution in [2.75, 3.05) is 18.5 Å². The van der Waals surface area contributed by atoms with Crippen LogP contribution in [-0.4, -0.2) is 37.6 Å². The van der Waals surface area contributed by atoms with Crippen molar-refractivity contribution in [2.45, 2.75) is 26.0 Å². The molecule has 2 aromatic carbocycles. The maximum absolute atomic E-state index is 13.1. The average Bonchev–Trinajstić information content (AvgIpc) is 2.78. The minimum Gasteiger partial charge on any atom is -0.436 e. The number of likely N-dealkylation sites (N-methyl/N-ethyl adjacent to an activating group) is 1. The van der Waals surface area contributed by atoms with Crippen LogP contribution in [0.5, 0.6) is 0 Å². The van der Waals surface area contributed by atoms with Gasteiger partial charge >= 0.3 is 6.09 Å². The molecule has 2 atom stereocenters. The lowest BCUT2D eigenvalue weighted by Crippen LogP contribution is -2.45. The number of nitrogens with one attached hydrogen (secondary N) is 2. The van der Waals surface area contributed by atoms with Gasteiger partial charge in [-0.3, -0.25) is 9.59 Å². The Morgan fingerprint density at radius 2 is 1.75 bits per heavy atom. The summed E-state index contributed by atoms with van der Waals surface area (Å²) in [6.07, 6.45) is -1.72. The molecule has 28 heavy (non-hydrogen) atoms. The van der Waals surface area contributed by atoms with E-state index < -0.39 is 24.1 Å². The Bertz CT molecular complexity index is 912. The van der Waals surface area contributed by atoms with Crippen molar-refractivity contribution in [3.05, 3.63) is 54.1 Å². The van der Waals surface area contributed by atoms with Crippen LogP contribution in [0.25, 0.3) is 11.1 Å². The van der Waals surface area contributed by atoms with Crippen LogP contribution in [0.4, 0.5) is 10.5 Å². The quantitative estimate of drug-likeness (QED) is 0.852. The Morgan fingerprint density at radius 1 is 1.11 bits per heavy atom. The highest BCUT2D eigenvalue weighted by Gasteiger charge is 2.34. The van der Waals surface area contributed by atoms with Crippen molar-refractivity contribution in [2.24, 2.45) is 0 Å². The molecule has 0 saturated carbocycles. The van der Waals surface area contributed by atoms with Crippen molar-refractivity contribution in [1.82, 2.24) is 10.6 Å². The second kappa shape index (κ2) is 8.12. The Balaban J connectivity index is 1.92. The van der Waals surface area contributed by atoms with Gasteiger partial charge in [-0.2, -0.15) is 0 Å². The molecule has 7 nitrogen and oxygen atoms in total. The summed E-state index contributed by atoms with van der Waals surface area (Å²) >= 11 is 0. The molecule has 7 heteroatoms. The predicted octanol–water partition coefficient (Wildman–Crippen LogP) is 2.62. The van der Waals surface area contributed by atoms with Crippen molar-refractivity contribution >= 4 is 23.6 Å². The number of rotatable bonds is 4. The van der Waals surface area contributed by atoms with Gasteiger partial charge in [0.05, 0.1) is 5.69 Å². The van der Waals surface area contributed by atoms with Crippen LogP contribution in [0.1, 0.15) is 25.5 Å². The van der Waals surface area contributed by atoms with Gasteiger partial charge < -0.3 is 20.3 Å². The zero-order valence-corrected chi connectivity index (χ0v) is 16.1. The second-order valence-electron chi connectivity index (χ2n) is 6.52. The van der Waals surface area contributed by atoms with E-state index in [-0.39, 0.29) is 5.91 Å². The lowest BCUT2D eigenvalue weighted by atomic mass is 9.95. The fourth-order valence-corrected chi connectivity index (χ4v) is 3.23. The molecule has 1 unspecified atom stereocenters. The molecule has 2 aromatic rings. The first kappa shape index (κ1) is 19.4. The maximum Gasteiger partial charge on any atom is 0.407 e. The number of benzene rings is 2. The Kier molecular flexibility index (Phi) is 5.63. The highest BCUT2D eigenvalue weighted by Crippen LogP contribution is 2.39. The van der Waals surface area contributed by atoms with E-state index in [1.807, 2.05) is 48.5 Å². The Morgan fingerprint density at radius 3 is 2.46 bits per heavy atom. The smallest absolute Gasteiger partial charge is 0.407 e. The summed E-state index contributed by atoms with van der Waals surface area (Å²) in [4.78, 5) is 38.9. The molecule has 2 N–H and O–H groups in total. The van der Waals surface area contributed by atoms with E-state index >= 15 is 0 Å². The van der Waals surface area contributed by atoms with Crippen molar-refractivity contribution in [3.8, 4) is 11.1 Å². The number of hydrogen-bond acceptors (Lipinski definition) is 4. The van der Waals surface area contributed by atoms with Crippen LogP contribution < -0.4 is 15.5 Å². The molecule has 146 valence electrons. The molecule has 0 spiro atoms. The fraction of sp³-hybridized carbons (Fsp3) is 0.286. The van der Waals surface area contributed by atoms with Gasteiger partial charge in [0.25, 0.3) is 11.8 Å². The van der Waals surface area contributed by atoms with Gasteiger partial charge in [-0.1, -0.05) is 42.5 Å². The maximum atomic E-state index is 13.1. The zero-order valence-electron chi connectivity index (χ0n) is 16.1. The minimum atomic E-state index is -1.04. The number of alkyl carbamates (subject to hydrolysis) is 1. The molecular weight excluding hydrogens is 358 g/mol. The van der Waals surface area contributed by atoms with Crippen LogP contribution in [0, 0.1) is 0 Å². The van der Waals surface area contributed by atoms with Gasteiger partial charge in [0.1, 0.15) is 6.04 Å². The number of amides is 3. The Hall–Kier alpha value is -3.35. The normalized spacial score (nSPS) is 16.3. The lowest BCUT2D eigenvalue weighted by molar-refractivity contribution is -0.132. The standard InChI is InChI=1S/C21H23N3O4/c1-4-22-21(27)28-13(2)19(25)23-18-16-11-6-5-9-14(16)15-10-7-8-12-17(15)24(3)20(18)26/h5-13,18H,4H2,1-3H3,(H,22,27)(H,23,25)/t13?,18-/m0/s1. The molecule has 0 bridgehead atoms. The Labute approximate surface area is 163 Å². The molecule has 1 heterocycles. The van der Waals surface area contributed by atoms with Crippen LogP contribution in [0.15, 0.2) is 48.5 Å². The molecular formula is C21H23N3O4. The molecule has 3 amide bonds. The molecule has 1 aliphatic heterocycles. The first-order valence-electron chi connectivity index (χ1n) is 9.14. The topological polar surface area (TPSA) is 87.7 Å². The number of carbonyl (C=O) groups is 3. The van der Waals surface area contributed by atoms with Crippen LogP contribution in [-0.2, 0) is 14.3 Å². The number of hydrogen-bond donors (Lipinski definition) is 2. The van der Waals surface area contributed by atoms with E-state index in [9.17, 15) is 14.4 Å². The van der Waals surface area contributed by atoms with E-state index in [2.05, 4.69) is 10.6 Å². The van der Waals surface area contributed by atoms with E-state index in [1.54, 1.807) is 14.0 Å². The summed E-state index contributed by atoms with van der Waals surface area (Å²) in [5.74, 6) is -0.810. The first-order chi connectivity index (χ1) is 13.4. The number of anilines is 1. The summed E-state index contributed by atoms with van der Waals surface area (Å²) in [7, 11) is 1.68. The highest BCUT2D eigenvalue weighted by atomic mass is 16.6. The van der Waals surface area contributed by atoms with Gasteiger partial charge in [0, 0.05) is 19.2 Å². The molecule has 1 aliphatic rings. The monoisotopic (exact) mass is 381 g/mol. The van der Waals surface area contributed by atoms with Crippen LogP contribution in [0.2, 0.25) is 0 Å². The van der Waals surface area contributed by atoms with E-state index in [0.29, 0.717) is 12.1 Å². The first-order valence-corrected chi connectivity index (χ1v) is 9.14. The van der Waals surface area contributed by atoms with Gasteiger partial charge in [-0.15, -0.1) is 0 Å². The van der Waals surface area contributed by atoms with Gasteiger partial charge in [-0.25, -0.2) is 4.79 Å². The lowest BCUT2D eigenvalue weighted by Gasteiger charge is -2.24. The SMILES string of the molecule is CCNC(=O)OC(C)C(=O)N[C@@H]1C(=O)N(C)c2ccccc2-c2ccccc21. The van der Waals surface area contributed by atoms with Crippen molar-refractivity contribution < 1.29 is 19.1 Å². The zero-order chi connectivity index (χ0) is 20.3. The molecule has 0 aromatic heterocycles. The third-order valence-electron chi connectivity index (χ3n) is 4.67. The van der Waals surface area contributed by atoms with E-state index in [4.69, 9.17) is 4.74 Å². The summed E-state index contributed by atoms with van der Waals surface area (Å²) in [5, 5.41) is 5.21. The fourth-order valence-electron chi connectivity index (χ4n) is 3.23. The number of nitrogens with zero attached hydrogens (tertiary/aromatic N) is 1. The van der Waals surface area contributed by atoms with E-state index in [1.165, 1.54) is 11.8 Å². The molecule has 0 radical (unpaired) electrons. The third-order valence-corrected chi connectivity index (χ3v) is 4.67.